The maximum Gasteiger partial charge on any atom is 0.0677 e. The highest BCUT2D eigenvalue weighted by atomic mass is 127. The second kappa shape index (κ2) is 10.6. The molecule has 2 aliphatic heterocycles. The summed E-state index contributed by atoms with van der Waals surface area (Å²) in [5.41, 5.74) is 5.05. The van der Waals surface area contributed by atoms with Gasteiger partial charge in [0.15, 0.2) is 0 Å². The molecule has 0 amide bonds. The van der Waals surface area contributed by atoms with E-state index in [2.05, 4.69) is 127 Å². The summed E-state index contributed by atoms with van der Waals surface area (Å²) in [5, 5.41) is 6.32. The maximum absolute atomic E-state index is 3.72. The minimum atomic E-state index is 0. The summed E-state index contributed by atoms with van der Waals surface area (Å²) >= 11 is 0. The zero-order chi connectivity index (χ0) is 21.9. The van der Waals surface area contributed by atoms with Crippen LogP contribution < -0.4 is 10.2 Å². The van der Waals surface area contributed by atoms with Crippen molar-refractivity contribution in [1.29, 1.82) is 0 Å². The smallest absolute Gasteiger partial charge is 0.0677 e. The molecule has 0 aromatic heterocycles. The van der Waals surface area contributed by atoms with Gasteiger partial charge in [0.25, 0.3) is 0 Å². The average molecular weight is 565 g/mol. The van der Waals surface area contributed by atoms with Crippen molar-refractivity contribution < 1.29 is 0 Å². The highest BCUT2D eigenvalue weighted by Crippen LogP contribution is 2.44. The lowest BCUT2D eigenvalue weighted by Gasteiger charge is -2.29. The van der Waals surface area contributed by atoms with Crippen molar-refractivity contribution in [2.75, 3.05) is 22.5 Å². The van der Waals surface area contributed by atoms with Crippen LogP contribution >= 0.6 is 34.5 Å². The first-order valence-electron chi connectivity index (χ1n) is 11.3. The number of halogens is 1. The summed E-state index contributed by atoms with van der Waals surface area (Å²) in [4.78, 5) is 5.09. The van der Waals surface area contributed by atoms with Crippen molar-refractivity contribution in [3.05, 3.63) is 108 Å². The van der Waals surface area contributed by atoms with Gasteiger partial charge in [-0.15, -0.1) is 34.5 Å². The van der Waals surface area contributed by atoms with Crippen molar-refractivity contribution >= 4 is 67.7 Å². The molecule has 4 heteroatoms. The van der Waals surface area contributed by atoms with Gasteiger partial charge in [-0.25, -0.2) is 0 Å². The van der Waals surface area contributed by atoms with E-state index in [1.54, 1.807) is 0 Å². The molecule has 1 atom stereocenters. The molecule has 0 saturated carbocycles. The van der Waals surface area contributed by atoms with E-state index in [0.717, 1.165) is 12.3 Å². The number of hydrogen-bond acceptors (Lipinski definition) is 2. The first kappa shape index (κ1) is 23.6. The molecule has 0 fully saturated rings. The molecule has 168 valence electrons. The van der Waals surface area contributed by atoms with Gasteiger partial charge in [0.2, 0.25) is 0 Å². The van der Waals surface area contributed by atoms with E-state index in [-0.39, 0.29) is 34.5 Å². The van der Waals surface area contributed by atoms with E-state index < -0.39 is 0 Å². The predicted molar refractivity (Wildman–Crippen MR) is 159 cm³/mol. The third kappa shape index (κ3) is 4.59. The Balaban J connectivity index is 0.00000259. The van der Waals surface area contributed by atoms with Crippen LogP contribution in [0, 0.1) is 0 Å². The van der Waals surface area contributed by atoms with Crippen LogP contribution in [-0.4, -0.2) is 17.3 Å². The summed E-state index contributed by atoms with van der Waals surface area (Å²) in [5.74, 6) is 1.11. The van der Waals surface area contributed by atoms with Gasteiger partial charge in [-0.3, -0.25) is 0 Å². The Morgan fingerprint density at radius 1 is 0.879 bits per heavy atom. The molecular formula is C29H29IN2S. The predicted octanol–water partition coefficient (Wildman–Crippen LogP) is 8.21. The second-order valence-corrected chi connectivity index (χ2v) is 10.0. The minimum absolute atomic E-state index is 0. The Morgan fingerprint density at radius 3 is 2.55 bits per heavy atom. The van der Waals surface area contributed by atoms with Gasteiger partial charge in [-0.2, -0.15) is 0 Å². The Bertz CT molecular complexity index is 1330. The summed E-state index contributed by atoms with van der Waals surface area (Å²) < 4.78 is 0. The van der Waals surface area contributed by atoms with E-state index in [1.807, 2.05) is 0 Å². The number of fused-ring (bicyclic) bond motifs is 4. The largest absolute Gasteiger partial charge is 0.349 e. The highest BCUT2D eigenvalue weighted by Gasteiger charge is 2.19. The van der Waals surface area contributed by atoms with Crippen LogP contribution in [0.3, 0.4) is 0 Å². The zero-order valence-electron chi connectivity index (χ0n) is 19.0. The summed E-state index contributed by atoms with van der Waals surface area (Å²) in [6, 6.07) is 21.7. The Hall–Kier alpha value is -2.57. The number of nitrogens with zero attached hydrogens (tertiary/aromatic N) is 1. The van der Waals surface area contributed by atoms with Gasteiger partial charge in [0.1, 0.15) is 0 Å². The molecule has 5 rings (SSSR count). The molecule has 0 bridgehead atoms. The summed E-state index contributed by atoms with van der Waals surface area (Å²) in [7, 11) is 0.105. The fourth-order valence-electron chi connectivity index (χ4n) is 4.46. The Kier molecular flexibility index (Phi) is 7.56. The lowest BCUT2D eigenvalue weighted by Crippen LogP contribution is -2.23. The van der Waals surface area contributed by atoms with E-state index in [4.69, 9.17) is 0 Å². The van der Waals surface area contributed by atoms with Crippen LogP contribution in [0.4, 0.5) is 11.4 Å². The molecule has 3 aromatic carbocycles. The van der Waals surface area contributed by atoms with Crippen LogP contribution in [-0.2, 0) is 0 Å². The molecule has 2 nitrogen and oxygen atoms in total. The molecular weight excluding hydrogens is 535 g/mol. The summed E-state index contributed by atoms with van der Waals surface area (Å²) in [6.07, 6.45) is 15.2. The fourth-order valence-corrected chi connectivity index (χ4v) is 6.43. The van der Waals surface area contributed by atoms with Crippen LogP contribution in [0.15, 0.2) is 108 Å². The molecule has 2 aliphatic rings. The number of nitrogens with one attached hydrogen (secondary N) is 1. The van der Waals surface area contributed by atoms with Crippen LogP contribution in [0.2, 0.25) is 0 Å². The van der Waals surface area contributed by atoms with Crippen molar-refractivity contribution in [3.63, 3.8) is 0 Å². The van der Waals surface area contributed by atoms with Gasteiger partial charge in [-0.1, -0.05) is 79.8 Å². The van der Waals surface area contributed by atoms with Gasteiger partial charge >= 0.3 is 0 Å². The van der Waals surface area contributed by atoms with Gasteiger partial charge in [0, 0.05) is 28.2 Å². The molecule has 0 aliphatic carbocycles. The number of likely N-dealkylation sites (N-methyl/N-ethyl adjacent to an activating group) is 1. The molecule has 1 N–H and O–H groups in total. The number of allylic oxidation sites excluding steroid dienone is 5. The van der Waals surface area contributed by atoms with Crippen LogP contribution in [0.5, 0.6) is 0 Å². The molecule has 33 heavy (non-hydrogen) atoms. The summed E-state index contributed by atoms with van der Waals surface area (Å²) in [6.45, 7) is 5.42. The van der Waals surface area contributed by atoms with Gasteiger partial charge in [-0.05, 0) is 54.0 Å². The number of rotatable bonds is 5. The molecule has 0 radical (unpaired) electrons. The van der Waals surface area contributed by atoms with E-state index >= 15 is 0 Å². The number of anilines is 2. The highest BCUT2D eigenvalue weighted by molar-refractivity contribution is 14.0. The van der Waals surface area contributed by atoms with E-state index in [1.165, 1.54) is 43.3 Å². The van der Waals surface area contributed by atoms with E-state index in [0.29, 0.717) is 0 Å². The molecule has 0 saturated heterocycles. The normalized spacial score (nSPS) is 18.1. The first-order chi connectivity index (χ1) is 15.8. The average Bonchev–Trinajstić information content (AvgIpc) is 3.21. The molecule has 0 spiro atoms. The third-order valence-corrected chi connectivity index (χ3v) is 8.20. The quantitative estimate of drug-likeness (QED) is 0.145. The van der Waals surface area contributed by atoms with Crippen molar-refractivity contribution in [2.24, 2.45) is 0 Å². The number of para-hydroxylation sites is 1. The van der Waals surface area contributed by atoms with Gasteiger partial charge in [0.05, 0.1) is 10.7 Å². The molecule has 1 unspecified atom stereocenters. The third-order valence-electron chi connectivity index (χ3n) is 5.98. The van der Waals surface area contributed by atoms with Crippen molar-refractivity contribution in [1.82, 2.24) is 0 Å². The monoisotopic (exact) mass is 564 g/mol. The standard InChI is InChI=1S/C29H28N2S.HI/c1-3-31-24(20-18-23-13-9-11-16-26(23)31)14-6-5-7-17-28-30-29-25-15-10-8-12-22(25)19-21-27(29)32(28)4-2;/h5-21,30H,3-4H2,1-2H3;1H. The molecule has 3 aromatic rings. The number of benzene rings is 3. The van der Waals surface area contributed by atoms with Gasteiger partial charge < -0.3 is 10.2 Å². The molecule has 2 heterocycles. The van der Waals surface area contributed by atoms with Crippen LogP contribution in [0.1, 0.15) is 19.4 Å². The lowest BCUT2D eigenvalue weighted by atomic mass is 10.1. The SMILES string of the molecule is CCN1C(=CC=CC=CC2=S(CC)c3ccc4ccccc4c3N2)C=Cc2ccccc21.I. The Labute approximate surface area is 216 Å². The minimum Gasteiger partial charge on any atom is -0.349 e. The fraction of sp³-hybridized carbons (Fsp3) is 0.138. The lowest BCUT2D eigenvalue weighted by molar-refractivity contribution is 0.971. The maximum atomic E-state index is 3.72. The van der Waals surface area contributed by atoms with Crippen molar-refractivity contribution in [3.8, 4) is 0 Å². The second-order valence-electron chi connectivity index (χ2n) is 7.80. The Morgan fingerprint density at radius 2 is 1.70 bits per heavy atom. The topological polar surface area (TPSA) is 15.3 Å². The van der Waals surface area contributed by atoms with Crippen LogP contribution in [0.25, 0.3) is 16.8 Å². The van der Waals surface area contributed by atoms with E-state index in [9.17, 15) is 0 Å². The zero-order valence-corrected chi connectivity index (χ0v) is 22.1. The van der Waals surface area contributed by atoms with Crippen molar-refractivity contribution in [2.45, 2.75) is 18.7 Å². The number of hydrogen-bond donors (Lipinski definition) is 1. The first-order valence-corrected chi connectivity index (χ1v) is 12.7.